The second-order valence-corrected chi connectivity index (χ2v) is 6.84. The number of carbonyl (C=O) groups is 1. The molecule has 0 aliphatic heterocycles. The summed E-state index contributed by atoms with van der Waals surface area (Å²) in [6.07, 6.45) is 3.08. The number of rotatable bonds is 9. The van der Waals surface area contributed by atoms with Crippen LogP contribution in [0, 0.1) is 6.92 Å². The lowest BCUT2D eigenvalue weighted by Gasteiger charge is -2.18. The Labute approximate surface area is 155 Å². The predicted octanol–water partition coefficient (Wildman–Crippen LogP) is 2.61. The van der Waals surface area contributed by atoms with Crippen LogP contribution < -0.4 is 10.3 Å². The van der Waals surface area contributed by atoms with E-state index in [1.165, 1.54) is 4.90 Å². The first-order valence-electron chi connectivity index (χ1n) is 9.67. The average Bonchev–Trinajstić information content (AvgIpc) is 2.65. The molecule has 1 aromatic heterocycles. The molecule has 0 aliphatic carbocycles. The van der Waals surface area contributed by atoms with E-state index in [-0.39, 0.29) is 11.4 Å². The zero-order chi connectivity index (χ0) is 19.1. The van der Waals surface area contributed by atoms with Crippen molar-refractivity contribution in [1.29, 1.82) is 0 Å². The second-order valence-electron chi connectivity index (χ2n) is 6.84. The van der Waals surface area contributed by atoms with Crippen LogP contribution in [0.5, 0.6) is 0 Å². The molecular weight excluding hydrogens is 328 g/mol. The fraction of sp³-hybridized carbons (Fsp3) is 0.524. The lowest BCUT2D eigenvalue weighted by Crippen LogP contribution is -3.10. The summed E-state index contributed by atoms with van der Waals surface area (Å²) in [5, 5.41) is 0.558. The van der Waals surface area contributed by atoms with Crippen LogP contribution in [0.15, 0.2) is 23.0 Å². The van der Waals surface area contributed by atoms with Crippen molar-refractivity contribution in [2.45, 2.75) is 53.5 Å². The van der Waals surface area contributed by atoms with Gasteiger partial charge in [-0.15, -0.1) is 0 Å². The smallest absolute Gasteiger partial charge is 0.338 e. The Bertz CT molecular complexity index is 811. The number of aromatic amines is 1. The maximum absolute atomic E-state index is 13.1. The minimum atomic E-state index is -0.376. The highest BCUT2D eigenvalue weighted by atomic mass is 16.5. The van der Waals surface area contributed by atoms with Gasteiger partial charge in [-0.3, -0.25) is 4.79 Å². The Morgan fingerprint density at radius 2 is 1.96 bits per heavy atom. The van der Waals surface area contributed by atoms with Gasteiger partial charge in [0, 0.05) is 16.6 Å². The molecule has 5 heteroatoms. The summed E-state index contributed by atoms with van der Waals surface area (Å²) in [5.41, 5.74) is 2.92. The van der Waals surface area contributed by atoms with E-state index >= 15 is 0 Å². The number of carbonyl (C=O) groups excluding carboxylic acids is 1. The molecule has 0 saturated carbocycles. The van der Waals surface area contributed by atoms with E-state index in [2.05, 4.69) is 18.8 Å². The Balaban J connectivity index is 2.39. The van der Waals surface area contributed by atoms with Crippen molar-refractivity contribution in [2.24, 2.45) is 0 Å². The molecule has 142 valence electrons. The van der Waals surface area contributed by atoms with Crippen LogP contribution in [-0.4, -0.2) is 30.6 Å². The minimum Gasteiger partial charge on any atom is -0.462 e. The first-order valence-corrected chi connectivity index (χ1v) is 9.67. The Kier molecular flexibility index (Phi) is 7.39. The van der Waals surface area contributed by atoms with Crippen LogP contribution in [-0.2, 0) is 11.3 Å². The molecule has 5 nitrogen and oxygen atoms in total. The molecule has 1 aromatic carbocycles. The number of ether oxygens (including phenoxy) is 1. The number of unbranched alkanes of at least 4 members (excludes halogenated alkanes) is 1. The van der Waals surface area contributed by atoms with Crippen LogP contribution in [0.1, 0.15) is 61.6 Å². The van der Waals surface area contributed by atoms with E-state index in [0.29, 0.717) is 24.1 Å². The average molecular weight is 359 g/mol. The molecule has 2 rings (SSSR count). The second kappa shape index (κ2) is 9.53. The molecule has 2 aromatic rings. The zero-order valence-electron chi connectivity index (χ0n) is 16.4. The number of quaternary nitrogens is 1. The number of fused-ring (bicyclic) bond motifs is 1. The molecule has 2 N–H and O–H groups in total. The van der Waals surface area contributed by atoms with Crippen molar-refractivity contribution in [3.05, 3.63) is 45.2 Å². The van der Waals surface area contributed by atoms with Crippen molar-refractivity contribution in [3.63, 3.8) is 0 Å². The number of hydrogen-bond donors (Lipinski definition) is 2. The Morgan fingerprint density at radius 1 is 1.19 bits per heavy atom. The van der Waals surface area contributed by atoms with Gasteiger partial charge in [0.25, 0.3) is 0 Å². The van der Waals surface area contributed by atoms with Crippen molar-refractivity contribution in [2.75, 3.05) is 19.7 Å². The molecule has 26 heavy (non-hydrogen) atoms. The van der Waals surface area contributed by atoms with Gasteiger partial charge in [-0.2, -0.15) is 0 Å². The fourth-order valence-corrected chi connectivity index (χ4v) is 3.14. The highest BCUT2D eigenvalue weighted by Crippen LogP contribution is 2.14. The summed E-state index contributed by atoms with van der Waals surface area (Å²) >= 11 is 0. The van der Waals surface area contributed by atoms with Gasteiger partial charge < -0.3 is 14.6 Å². The van der Waals surface area contributed by atoms with Crippen LogP contribution in [0.2, 0.25) is 0 Å². The number of benzene rings is 1. The number of nitrogens with one attached hydrogen (secondary N) is 2. The first kappa shape index (κ1) is 20.2. The van der Waals surface area contributed by atoms with Gasteiger partial charge in [-0.25, -0.2) is 4.79 Å². The zero-order valence-corrected chi connectivity index (χ0v) is 16.4. The van der Waals surface area contributed by atoms with Crippen LogP contribution in [0.3, 0.4) is 0 Å². The van der Waals surface area contributed by atoms with Gasteiger partial charge in [0.1, 0.15) is 6.54 Å². The van der Waals surface area contributed by atoms with Crippen LogP contribution in [0.25, 0.3) is 10.9 Å². The maximum Gasteiger partial charge on any atom is 0.338 e. The quantitative estimate of drug-likeness (QED) is 0.677. The standard InChI is InChI=1S/C21H30N2O3/c1-5-8-11-23(7-3)14-18-15(4)22-19-10-9-16(13-17(19)20(18)24)21(25)26-12-6-2/h9-10,13H,5-8,11-12,14H2,1-4H3,(H,22,24)/p+1. The number of pyridine rings is 1. The summed E-state index contributed by atoms with van der Waals surface area (Å²) in [4.78, 5) is 29.9. The predicted molar refractivity (Wildman–Crippen MR) is 105 cm³/mol. The highest BCUT2D eigenvalue weighted by molar-refractivity contribution is 5.94. The SMILES string of the molecule is CCCC[NH+](CC)Cc1c(C)[nH]c2ccc(C(=O)OCCC)cc2c1=O. The first-order chi connectivity index (χ1) is 12.5. The Morgan fingerprint density at radius 3 is 2.62 bits per heavy atom. The largest absolute Gasteiger partial charge is 0.462 e. The topological polar surface area (TPSA) is 63.6 Å². The molecule has 1 atom stereocenters. The molecule has 0 aliphatic rings. The molecule has 1 heterocycles. The third-order valence-corrected chi connectivity index (χ3v) is 4.80. The van der Waals surface area contributed by atoms with E-state index in [1.807, 2.05) is 13.8 Å². The number of aromatic nitrogens is 1. The lowest BCUT2D eigenvalue weighted by molar-refractivity contribution is -0.912. The van der Waals surface area contributed by atoms with E-state index in [9.17, 15) is 9.59 Å². The maximum atomic E-state index is 13.1. The molecule has 0 saturated heterocycles. The van der Waals surface area contributed by atoms with Gasteiger partial charge >= 0.3 is 5.97 Å². The molecule has 0 fully saturated rings. The third kappa shape index (κ3) is 4.73. The summed E-state index contributed by atoms with van der Waals surface area (Å²) in [7, 11) is 0. The number of H-pyrrole nitrogens is 1. The van der Waals surface area contributed by atoms with Crippen molar-refractivity contribution in [1.82, 2.24) is 4.98 Å². The number of hydrogen-bond acceptors (Lipinski definition) is 3. The fourth-order valence-electron chi connectivity index (χ4n) is 3.14. The Hall–Kier alpha value is -2.14. The van der Waals surface area contributed by atoms with Crippen molar-refractivity contribution >= 4 is 16.9 Å². The van der Waals surface area contributed by atoms with Gasteiger partial charge in [-0.1, -0.05) is 20.3 Å². The molecular formula is C21H31N2O3+. The summed E-state index contributed by atoms with van der Waals surface area (Å²) in [6, 6.07) is 5.16. The van der Waals surface area contributed by atoms with E-state index < -0.39 is 0 Å². The van der Waals surface area contributed by atoms with Gasteiger partial charge in [0.2, 0.25) is 0 Å². The summed E-state index contributed by atoms with van der Waals surface area (Å²) in [5.74, 6) is -0.376. The van der Waals surface area contributed by atoms with Gasteiger partial charge in [0.05, 0.1) is 30.8 Å². The number of esters is 1. The third-order valence-electron chi connectivity index (χ3n) is 4.80. The monoisotopic (exact) mass is 359 g/mol. The van der Waals surface area contributed by atoms with Crippen LogP contribution >= 0.6 is 0 Å². The van der Waals surface area contributed by atoms with Crippen molar-refractivity contribution < 1.29 is 14.4 Å². The molecule has 0 radical (unpaired) electrons. The van der Waals surface area contributed by atoms with Crippen LogP contribution in [0.4, 0.5) is 0 Å². The lowest BCUT2D eigenvalue weighted by atomic mass is 10.1. The van der Waals surface area contributed by atoms with E-state index in [0.717, 1.165) is 49.1 Å². The van der Waals surface area contributed by atoms with E-state index in [1.54, 1.807) is 18.2 Å². The molecule has 1 unspecified atom stereocenters. The molecule has 0 bridgehead atoms. The molecule has 0 amide bonds. The minimum absolute atomic E-state index is 0.0174. The number of aryl methyl sites for hydroxylation is 1. The summed E-state index contributed by atoms with van der Waals surface area (Å²) in [6.45, 7) is 11.4. The normalized spacial score (nSPS) is 12.3. The van der Waals surface area contributed by atoms with Gasteiger partial charge in [-0.05, 0) is 44.9 Å². The highest BCUT2D eigenvalue weighted by Gasteiger charge is 2.17. The van der Waals surface area contributed by atoms with Gasteiger partial charge in [0.15, 0.2) is 5.43 Å². The van der Waals surface area contributed by atoms with E-state index in [4.69, 9.17) is 4.74 Å². The summed E-state index contributed by atoms with van der Waals surface area (Å²) < 4.78 is 5.19. The molecule has 0 spiro atoms. The van der Waals surface area contributed by atoms with Crippen molar-refractivity contribution in [3.8, 4) is 0 Å².